The Bertz CT molecular complexity index is 4250. The van der Waals surface area contributed by atoms with Crippen molar-refractivity contribution in [2.45, 2.75) is 232 Å². The minimum absolute atomic E-state index is 0.0153. The molecule has 0 amide bonds. The molecule has 12 aromatic rings. The van der Waals surface area contributed by atoms with Crippen LogP contribution in [-0.4, -0.2) is 168 Å². The third-order valence-electron chi connectivity index (χ3n) is 25.7. The van der Waals surface area contributed by atoms with Crippen molar-refractivity contribution in [1.82, 2.24) is 59.1 Å². The second-order valence-corrected chi connectivity index (χ2v) is 55.4. The Morgan fingerprint density at radius 1 is 0.258 bits per heavy atom. The van der Waals surface area contributed by atoms with Crippen LogP contribution >= 0.6 is 0 Å². The second-order valence-electron chi connectivity index (χ2n) is 38.2. The summed E-state index contributed by atoms with van der Waals surface area (Å²) < 4.78 is 60.9. The third-order valence-corrected chi connectivity index (χ3v) is 45.7. The van der Waals surface area contributed by atoms with Crippen molar-refractivity contribution >= 4 is 74.8 Å². The number of ether oxygens (including phenoxy) is 4. The highest BCUT2D eigenvalue weighted by Crippen LogP contribution is 2.44. The SMILES string of the molecule is C[C@@H]1O[C@@H](Cn2cncn2)C[C@H]1CO[Si](c1ccccc1)(c1ccccc1)C(C)(C)C.C[C@@H]1O[C@@H](Cn2cncn2)C[C@H]1CO[Si](c1ccccc1)(c1ccccc1)C(C)(C)C.C[C@@H]1O[C@@H](Cn2cncn2)C[C@H]1CO[Si](c1ccccc1)(c1ccccc1)C(C)(C)C.C[C@@H]1O[C@@H](Cn2cncn2)C[C@H]1CO[Si](c1ccccc1)(c1ccccc1)C(C)(C)C. The fourth-order valence-electron chi connectivity index (χ4n) is 19.4. The van der Waals surface area contributed by atoms with Crippen molar-refractivity contribution in [3.63, 3.8) is 0 Å². The molecule has 0 N–H and O–H groups in total. The molecule has 4 aliphatic heterocycles. The lowest BCUT2D eigenvalue weighted by atomic mass is 10.0. The molecule has 4 saturated heterocycles. The van der Waals surface area contributed by atoms with Crippen LogP contribution in [0.25, 0.3) is 0 Å². The maximum atomic E-state index is 7.13. The van der Waals surface area contributed by atoms with E-state index in [0.29, 0.717) is 50.1 Å². The molecule has 16 rings (SSSR count). The van der Waals surface area contributed by atoms with Crippen molar-refractivity contribution < 1.29 is 36.7 Å². The van der Waals surface area contributed by atoms with Gasteiger partial charge in [0, 0.05) is 50.1 Å². The van der Waals surface area contributed by atoms with Crippen LogP contribution in [0.15, 0.2) is 293 Å². The summed E-state index contributed by atoms with van der Waals surface area (Å²) in [7, 11) is -10.1. The van der Waals surface area contributed by atoms with E-state index >= 15 is 0 Å². The molecule has 4 aliphatic rings. The van der Waals surface area contributed by atoms with Gasteiger partial charge in [-0.15, -0.1) is 0 Å². The highest BCUT2D eigenvalue weighted by Gasteiger charge is 2.56. The minimum Gasteiger partial charge on any atom is -0.407 e. The van der Waals surface area contributed by atoms with Gasteiger partial charge in [0.25, 0.3) is 33.3 Å². The summed E-state index contributed by atoms with van der Waals surface area (Å²) in [5.74, 6) is 1.43. The van der Waals surface area contributed by atoms with E-state index in [-0.39, 0.29) is 69.0 Å². The van der Waals surface area contributed by atoms with E-state index in [4.69, 9.17) is 36.7 Å². The van der Waals surface area contributed by atoms with Crippen molar-refractivity contribution in [3.05, 3.63) is 293 Å². The van der Waals surface area contributed by atoms with Crippen LogP contribution in [0.2, 0.25) is 20.2 Å². The molecule has 8 aromatic carbocycles. The maximum Gasteiger partial charge on any atom is 0.261 e. The van der Waals surface area contributed by atoms with E-state index in [1.807, 2.05) is 18.7 Å². The summed E-state index contributed by atoms with van der Waals surface area (Å²) in [6.45, 7) is 42.3. The first kappa shape index (κ1) is 92.5. The van der Waals surface area contributed by atoms with E-state index < -0.39 is 33.3 Å². The van der Waals surface area contributed by atoms with E-state index in [1.165, 1.54) is 41.5 Å². The smallest absolute Gasteiger partial charge is 0.261 e. The summed E-state index contributed by atoms with van der Waals surface area (Å²) in [6, 6.07) is 86.6. The van der Waals surface area contributed by atoms with Gasteiger partial charge in [0.1, 0.15) is 50.6 Å². The lowest BCUT2D eigenvalue weighted by Crippen LogP contribution is -2.67. The fourth-order valence-corrected chi connectivity index (χ4v) is 37.9. The normalized spacial score (nSPS) is 22.0. The Morgan fingerprint density at radius 3 is 0.540 bits per heavy atom. The quantitative estimate of drug-likeness (QED) is 0.0419. The first-order valence-electron chi connectivity index (χ1n) is 44.5. The molecular weight excluding hydrogens is 1610 g/mol. The van der Waals surface area contributed by atoms with Crippen LogP contribution in [-0.2, 0) is 62.8 Å². The second kappa shape index (κ2) is 41.5. The number of benzene rings is 8. The molecule has 0 spiro atoms. The Morgan fingerprint density at radius 2 is 0.411 bits per heavy atom. The predicted molar refractivity (Wildman–Crippen MR) is 504 cm³/mol. The zero-order chi connectivity index (χ0) is 87.6. The van der Waals surface area contributed by atoms with Crippen LogP contribution < -0.4 is 41.5 Å². The predicted octanol–water partition coefficient (Wildman–Crippen LogP) is 14.6. The average Bonchev–Trinajstić information content (AvgIpc) is 1.73. The van der Waals surface area contributed by atoms with Gasteiger partial charge in [-0.3, -0.25) is 18.7 Å². The highest BCUT2D eigenvalue weighted by atomic mass is 28.4. The number of aromatic nitrogens is 12. The molecule has 0 radical (unpaired) electrons. The molecular formula is C100H132N12O8Si4. The van der Waals surface area contributed by atoms with Gasteiger partial charge >= 0.3 is 0 Å². The molecule has 4 fully saturated rings. The van der Waals surface area contributed by atoms with Gasteiger partial charge in [-0.1, -0.05) is 326 Å². The largest absolute Gasteiger partial charge is 0.407 e. The molecule has 0 aliphatic carbocycles. The highest BCUT2D eigenvalue weighted by molar-refractivity contribution is 7.01. The standard InChI is InChI=1S/4C25H33N3O2Si/c4*1-20-21(15-22(30-20)16-28-19-26-18-27-28)17-29-31(25(2,3)4,23-11-7-5-8-12-23)24-13-9-6-10-14-24/h4*5-14,18-22H,15-17H2,1-4H3/t4*20-,21-,22+/m0000/s1. The lowest BCUT2D eigenvalue weighted by Gasteiger charge is -2.43. The molecule has 12 atom stereocenters. The lowest BCUT2D eigenvalue weighted by molar-refractivity contribution is 0.0296. The Hall–Kier alpha value is -9.13. The molecule has 20 nitrogen and oxygen atoms in total. The van der Waals surface area contributed by atoms with Gasteiger partial charge in [-0.25, -0.2) is 19.9 Å². The Kier molecular flexibility index (Phi) is 31.0. The number of hydrogen-bond acceptors (Lipinski definition) is 16. The van der Waals surface area contributed by atoms with Crippen LogP contribution in [0.5, 0.6) is 0 Å². The number of hydrogen-bond donors (Lipinski definition) is 0. The zero-order valence-electron chi connectivity index (χ0n) is 75.8. The first-order chi connectivity index (χ1) is 59.6. The monoisotopic (exact) mass is 1740 g/mol. The van der Waals surface area contributed by atoms with Gasteiger partial charge in [0.15, 0.2) is 0 Å². The average molecular weight is 1740 g/mol. The summed E-state index contributed by atoms with van der Waals surface area (Å²) in [6.07, 6.45) is 18.4. The topological polar surface area (TPSA) is 197 Å². The van der Waals surface area contributed by atoms with Crippen molar-refractivity contribution in [2.24, 2.45) is 23.7 Å². The van der Waals surface area contributed by atoms with Crippen molar-refractivity contribution in [1.29, 1.82) is 0 Å². The van der Waals surface area contributed by atoms with Crippen molar-refractivity contribution in [3.8, 4) is 0 Å². The zero-order valence-corrected chi connectivity index (χ0v) is 79.8. The summed E-state index contributed by atoms with van der Waals surface area (Å²) >= 11 is 0. The number of rotatable bonds is 28. The van der Waals surface area contributed by atoms with Crippen LogP contribution in [0.4, 0.5) is 0 Å². The van der Waals surface area contributed by atoms with Crippen LogP contribution in [0.3, 0.4) is 0 Å². The van der Waals surface area contributed by atoms with Crippen LogP contribution in [0.1, 0.15) is 136 Å². The van der Waals surface area contributed by atoms with Gasteiger partial charge in [0.2, 0.25) is 0 Å². The number of nitrogens with zero attached hydrogens (tertiary/aromatic N) is 12. The molecule has 0 saturated carbocycles. The molecule has 0 bridgehead atoms. The fraction of sp³-hybridized carbons (Fsp3) is 0.440. The Balaban J connectivity index is 0.000000142. The third kappa shape index (κ3) is 21.7. The van der Waals surface area contributed by atoms with E-state index in [1.54, 1.807) is 50.6 Å². The molecule has 8 heterocycles. The van der Waals surface area contributed by atoms with E-state index in [0.717, 1.165) is 51.9 Å². The van der Waals surface area contributed by atoms with Gasteiger partial charge in [-0.05, 0) is 115 Å². The summed E-state index contributed by atoms with van der Waals surface area (Å²) in [5, 5.41) is 27.4. The van der Waals surface area contributed by atoms with Crippen molar-refractivity contribution in [2.75, 3.05) is 26.4 Å². The van der Waals surface area contributed by atoms with E-state index in [2.05, 4.69) is 394 Å². The molecule has 656 valence electrons. The molecule has 4 aromatic heterocycles. The Labute approximate surface area is 740 Å². The maximum absolute atomic E-state index is 7.13. The van der Waals surface area contributed by atoms with Crippen LogP contribution in [0, 0.1) is 23.7 Å². The minimum atomic E-state index is -2.51. The van der Waals surface area contributed by atoms with Gasteiger partial charge in [0.05, 0.1) is 75.0 Å². The van der Waals surface area contributed by atoms with Gasteiger partial charge < -0.3 is 36.7 Å². The molecule has 124 heavy (non-hydrogen) atoms. The first-order valence-corrected chi connectivity index (χ1v) is 52.1. The summed E-state index contributed by atoms with van der Waals surface area (Å²) in [5.41, 5.74) is 0. The molecule has 0 unspecified atom stereocenters. The summed E-state index contributed by atoms with van der Waals surface area (Å²) in [4.78, 5) is 16.2. The molecule has 24 heteroatoms. The van der Waals surface area contributed by atoms with Gasteiger partial charge in [-0.2, -0.15) is 20.4 Å². The van der Waals surface area contributed by atoms with E-state index in [9.17, 15) is 0 Å².